The van der Waals surface area contributed by atoms with E-state index in [1.54, 1.807) is 7.11 Å². The van der Waals surface area contributed by atoms with E-state index in [4.69, 9.17) is 15.2 Å². The Hall–Kier alpha value is -1.91. The zero-order valence-electron chi connectivity index (χ0n) is 11.0. The summed E-state index contributed by atoms with van der Waals surface area (Å²) in [7, 11) is 1.65. The molecule has 0 radical (unpaired) electrons. The van der Waals surface area contributed by atoms with E-state index < -0.39 is 0 Å². The van der Waals surface area contributed by atoms with Gasteiger partial charge in [0.15, 0.2) is 0 Å². The van der Waals surface area contributed by atoms with Crippen molar-refractivity contribution < 1.29 is 9.47 Å². The summed E-state index contributed by atoms with van der Waals surface area (Å²) in [4.78, 5) is 4.38. The molecule has 0 fully saturated rings. The fourth-order valence-electron chi connectivity index (χ4n) is 1.72. The summed E-state index contributed by atoms with van der Waals surface area (Å²) in [5.41, 5.74) is 8.44. The number of hydrogen-bond acceptors (Lipinski definition) is 4. The molecule has 0 spiro atoms. The second-order valence-electron chi connectivity index (χ2n) is 4.17. The number of ether oxygens (including phenoxy) is 2. The Kier molecular flexibility index (Phi) is 4.89. The molecule has 1 aromatic heterocycles. The van der Waals surface area contributed by atoms with Crippen LogP contribution in [0.25, 0.3) is 0 Å². The van der Waals surface area contributed by atoms with Crippen molar-refractivity contribution in [1.29, 1.82) is 0 Å². The van der Waals surface area contributed by atoms with Crippen molar-refractivity contribution in [2.75, 3.05) is 7.11 Å². The smallest absolute Gasteiger partial charge is 0.118 e. The van der Waals surface area contributed by atoms with Crippen molar-refractivity contribution in [3.05, 3.63) is 59.4 Å². The van der Waals surface area contributed by atoms with E-state index in [2.05, 4.69) is 4.98 Å². The first-order valence-corrected chi connectivity index (χ1v) is 6.17. The number of methoxy groups -OCH3 is 1. The van der Waals surface area contributed by atoms with Crippen LogP contribution in [-0.2, 0) is 24.5 Å². The molecule has 2 rings (SSSR count). The van der Waals surface area contributed by atoms with E-state index in [9.17, 15) is 0 Å². The number of aromatic nitrogens is 1. The zero-order valence-corrected chi connectivity index (χ0v) is 11.0. The largest absolute Gasteiger partial charge is 0.497 e. The summed E-state index contributed by atoms with van der Waals surface area (Å²) < 4.78 is 10.7. The highest BCUT2D eigenvalue weighted by atomic mass is 16.5. The van der Waals surface area contributed by atoms with E-state index in [0.717, 1.165) is 22.7 Å². The molecular formula is C15H18N2O2. The van der Waals surface area contributed by atoms with Gasteiger partial charge in [0.2, 0.25) is 0 Å². The summed E-state index contributed by atoms with van der Waals surface area (Å²) >= 11 is 0. The Morgan fingerprint density at radius 2 is 1.74 bits per heavy atom. The third-order valence-corrected chi connectivity index (χ3v) is 2.75. The van der Waals surface area contributed by atoms with Crippen LogP contribution >= 0.6 is 0 Å². The van der Waals surface area contributed by atoms with Gasteiger partial charge >= 0.3 is 0 Å². The molecule has 0 bridgehead atoms. The second kappa shape index (κ2) is 6.87. The lowest BCUT2D eigenvalue weighted by molar-refractivity contribution is 0.104. The lowest BCUT2D eigenvalue weighted by atomic mass is 10.2. The minimum absolute atomic E-state index is 0.451. The van der Waals surface area contributed by atoms with Crippen LogP contribution in [0.15, 0.2) is 42.5 Å². The van der Waals surface area contributed by atoms with Gasteiger partial charge in [-0.25, -0.2) is 0 Å². The monoisotopic (exact) mass is 258 g/mol. The van der Waals surface area contributed by atoms with Crippen LogP contribution in [0.3, 0.4) is 0 Å². The van der Waals surface area contributed by atoms with Crippen LogP contribution in [0, 0.1) is 0 Å². The lowest BCUT2D eigenvalue weighted by Gasteiger charge is -2.06. The Morgan fingerprint density at radius 3 is 2.42 bits per heavy atom. The number of nitrogens with two attached hydrogens (primary N) is 1. The summed E-state index contributed by atoms with van der Waals surface area (Å²) in [5, 5.41) is 0. The van der Waals surface area contributed by atoms with E-state index in [0.29, 0.717) is 19.8 Å². The maximum absolute atomic E-state index is 5.63. The van der Waals surface area contributed by atoms with Gasteiger partial charge in [-0.2, -0.15) is 0 Å². The van der Waals surface area contributed by atoms with Crippen molar-refractivity contribution in [3.8, 4) is 5.75 Å². The molecule has 0 atom stereocenters. The quantitative estimate of drug-likeness (QED) is 0.863. The third-order valence-electron chi connectivity index (χ3n) is 2.75. The molecule has 0 unspecified atom stereocenters. The molecule has 0 aliphatic rings. The summed E-state index contributed by atoms with van der Waals surface area (Å²) in [5.74, 6) is 0.848. The maximum Gasteiger partial charge on any atom is 0.118 e. The zero-order chi connectivity index (χ0) is 13.5. The fourth-order valence-corrected chi connectivity index (χ4v) is 1.72. The highest BCUT2D eigenvalue weighted by Gasteiger charge is 1.99. The normalized spacial score (nSPS) is 10.4. The SMILES string of the molecule is COc1ccc(COCc2cccc(CN)n2)cc1. The minimum Gasteiger partial charge on any atom is -0.497 e. The van der Waals surface area contributed by atoms with Crippen LogP contribution in [0.1, 0.15) is 17.0 Å². The van der Waals surface area contributed by atoms with E-state index >= 15 is 0 Å². The first-order chi connectivity index (χ1) is 9.31. The van der Waals surface area contributed by atoms with Crippen LogP contribution in [0.4, 0.5) is 0 Å². The van der Waals surface area contributed by atoms with Gasteiger partial charge in [0.1, 0.15) is 5.75 Å². The number of hydrogen-bond donors (Lipinski definition) is 1. The third kappa shape index (κ3) is 4.05. The Labute approximate surface area is 113 Å². The van der Waals surface area contributed by atoms with Crippen molar-refractivity contribution in [1.82, 2.24) is 4.98 Å². The van der Waals surface area contributed by atoms with Crippen molar-refractivity contribution in [3.63, 3.8) is 0 Å². The first kappa shape index (κ1) is 13.5. The molecule has 0 saturated carbocycles. The highest BCUT2D eigenvalue weighted by molar-refractivity contribution is 5.26. The molecule has 0 amide bonds. The number of nitrogens with zero attached hydrogens (tertiary/aromatic N) is 1. The van der Waals surface area contributed by atoms with Crippen LogP contribution in [0.2, 0.25) is 0 Å². The molecule has 1 aromatic carbocycles. The van der Waals surface area contributed by atoms with E-state index in [-0.39, 0.29) is 0 Å². The van der Waals surface area contributed by atoms with Gasteiger partial charge in [-0.05, 0) is 29.8 Å². The molecule has 0 aliphatic carbocycles. The Bertz CT molecular complexity index is 512. The Balaban J connectivity index is 1.85. The fraction of sp³-hybridized carbons (Fsp3) is 0.267. The first-order valence-electron chi connectivity index (χ1n) is 6.17. The number of rotatable bonds is 6. The van der Waals surface area contributed by atoms with Crippen molar-refractivity contribution in [2.24, 2.45) is 5.73 Å². The van der Waals surface area contributed by atoms with Gasteiger partial charge < -0.3 is 15.2 Å². The number of pyridine rings is 1. The van der Waals surface area contributed by atoms with E-state index in [1.807, 2.05) is 42.5 Å². The average molecular weight is 258 g/mol. The molecular weight excluding hydrogens is 240 g/mol. The van der Waals surface area contributed by atoms with Gasteiger partial charge in [0.05, 0.1) is 31.7 Å². The van der Waals surface area contributed by atoms with Gasteiger partial charge in [0.25, 0.3) is 0 Å². The van der Waals surface area contributed by atoms with Crippen molar-refractivity contribution >= 4 is 0 Å². The lowest BCUT2D eigenvalue weighted by Crippen LogP contribution is -2.03. The summed E-state index contributed by atoms with van der Waals surface area (Å²) in [6, 6.07) is 13.6. The van der Waals surface area contributed by atoms with E-state index in [1.165, 1.54) is 0 Å². The predicted octanol–water partition coefficient (Wildman–Crippen LogP) is 2.27. The topological polar surface area (TPSA) is 57.4 Å². The molecule has 4 heteroatoms. The Morgan fingerprint density at radius 1 is 1.00 bits per heavy atom. The van der Waals surface area contributed by atoms with Gasteiger partial charge in [-0.15, -0.1) is 0 Å². The molecule has 2 N–H and O–H groups in total. The van der Waals surface area contributed by atoms with Crippen molar-refractivity contribution in [2.45, 2.75) is 19.8 Å². The molecule has 0 saturated heterocycles. The van der Waals surface area contributed by atoms with Crippen LogP contribution in [0.5, 0.6) is 5.75 Å². The maximum atomic E-state index is 5.63. The van der Waals surface area contributed by atoms with Gasteiger partial charge in [0, 0.05) is 6.54 Å². The van der Waals surface area contributed by atoms with Gasteiger partial charge in [-0.1, -0.05) is 18.2 Å². The minimum atomic E-state index is 0.451. The summed E-state index contributed by atoms with van der Waals surface area (Å²) in [6.07, 6.45) is 0. The second-order valence-corrected chi connectivity index (χ2v) is 4.17. The highest BCUT2D eigenvalue weighted by Crippen LogP contribution is 2.12. The summed E-state index contributed by atoms with van der Waals surface area (Å²) in [6.45, 7) is 1.49. The average Bonchev–Trinajstić information content (AvgIpc) is 2.48. The van der Waals surface area contributed by atoms with Crippen LogP contribution < -0.4 is 10.5 Å². The predicted molar refractivity (Wildman–Crippen MR) is 73.6 cm³/mol. The molecule has 19 heavy (non-hydrogen) atoms. The van der Waals surface area contributed by atoms with Crippen LogP contribution in [-0.4, -0.2) is 12.1 Å². The number of benzene rings is 1. The standard InChI is InChI=1S/C15H18N2O2/c1-18-15-7-5-12(6-8-15)10-19-11-14-4-2-3-13(9-16)17-14/h2-8H,9-11,16H2,1H3. The molecule has 100 valence electrons. The molecule has 0 aliphatic heterocycles. The molecule has 4 nitrogen and oxygen atoms in total. The molecule has 1 heterocycles. The molecule has 2 aromatic rings. The van der Waals surface area contributed by atoms with Gasteiger partial charge in [-0.3, -0.25) is 4.98 Å².